The Kier molecular flexibility index (Phi) is 8.83. The molecule has 1 unspecified atom stereocenters. The summed E-state index contributed by atoms with van der Waals surface area (Å²) in [4.78, 5) is 26.0. The summed E-state index contributed by atoms with van der Waals surface area (Å²) in [6, 6.07) is 68.9. The molecule has 3 aliphatic rings. The van der Waals surface area contributed by atoms with Gasteiger partial charge in [0.1, 0.15) is 0 Å². The lowest BCUT2D eigenvalue weighted by molar-refractivity contribution is 0.791. The summed E-state index contributed by atoms with van der Waals surface area (Å²) >= 11 is 0. The maximum absolute atomic E-state index is 5.41. The van der Waals surface area contributed by atoms with Crippen molar-refractivity contribution in [2.24, 2.45) is 9.98 Å². The Bertz CT molecular complexity index is 3330. The van der Waals surface area contributed by atoms with Crippen molar-refractivity contribution in [2.75, 3.05) is 0 Å². The fourth-order valence-corrected chi connectivity index (χ4v) is 9.95. The molecule has 0 N–H and O–H groups in total. The second kappa shape index (κ2) is 15.0. The number of aryl methyl sites for hydroxylation is 2. The van der Waals surface area contributed by atoms with Crippen LogP contribution in [0.4, 0.5) is 0 Å². The Hall–Kier alpha value is -8.15. The first-order valence-corrected chi connectivity index (χ1v) is 21.9. The van der Waals surface area contributed by atoms with E-state index in [1.807, 2.05) is 48.5 Å². The molecule has 1 aliphatic heterocycles. The van der Waals surface area contributed by atoms with E-state index in [1.165, 1.54) is 55.6 Å². The molecular formula is C59H41N5. The first-order valence-electron chi connectivity index (χ1n) is 21.9. The molecule has 1 spiro atoms. The monoisotopic (exact) mass is 819 g/mol. The molecule has 2 heterocycles. The summed E-state index contributed by atoms with van der Waals surface area (Å²) in [5.74, 6) is 2.62. The molecule has 0 bridgehead atoms. The van der Waals surface area contributed by atoms with Gasteiger partial charge in [-0.2, -0.15) is 0 Å². The first kappa shape index (κ1) is 37.6. The fourth-order valence-electron chi connectivity index (χ4n) is 9.95. The molecule has 0 fully saturated rings. The minimum absolute atomic E-state index is 0.621. The third kappa shape index (κ3) is 6.11. The summed E-state index contributed by atoms with van der Waals surface area (Å²) in [6.07, 6.45) is 2.86. The van der Waals surface area contributed by atoms with E-state index in [9.17, 15) is 0 Å². The summed E-state index contributed by atoms with van der Waals surface area (Å²) in [7, 11) is 0. The highest BCUT2D eigenvalue weighted by atomic mass is 15.0. The zero-order valence-corrected chi connectivity index (χ0v) is 35.5. The van der Waals surface area contributed by atoms with E-state index >= 15 is 0 Å². The molecule has 1 atom stereocenters. The SMILES string of the molecule is Cc1ccc2c(c1)C1(c3cc(C)ccc3-c3ccc(-c4nc(-c5ccccc5)nc(-c5ccccc5)n4)cc31)c1cc(C3=NC(c4ccccc4)=NC(c4ccccc4)=CC3)ccc1-2. The average Bonchev–Trinajstić information content (AvgIpc) is 3.67. The highest BCUT2D eigenvalue weighted by Crippen LogP contribution is 2.63. The molecule has 64 heavy (non-hydrogen) atoms. The van der Waals surface area contributed by atoms with Crippen molar-refractivity contribution in [3.8, 4) is 56.4 Å². The van der Waals surface area contributed by atoms with Crippen LogP contribution in [0.2, 0.25) is 0 Å². The van der Waals surface area contributed by atoms with Gasteiger partial charge in [0.2, 0.25) is 0 Å². The van der Waals surface area contributed by atoms with Crippen LogP contribution in [0.5, 0.6) is 0 Å². The quantitative estimate of drug-likeness (QED) is 0.168. The number of fused-ring (bicyclic) bond motifs is 10. The zero-order chi connectivity index (χ0) is 42.8. The summed E-state index contributed by atoms with van der Waals surface area (Å²) < 4.78 is 0. The molecule has 302 valence electrons. The largest absolute Gasteiger partial charge is 0.232 e. The smallest absolute Gasteiger partial charge is 0.164 e. The van der Waals surface area contributed by atoms with Crippen LogP contribution in [0.3, 0.4) is 0 Å². The van der Waals surface area contributed by atoms with E-state index in [2.05, 4.69) is 166 Å². The van der Waals surface area contributed by atoms with E-state index in [1.54, 1.807) is 0 Å². The number of nitrogens with zero attached hydrogens (tertiary/aromatic N) is 5. The van der Waals surface area contributed by atoms with Gasteiger partial charge in [0.15, 0.2) is 23.3 Å². The normalized spacial score (nSPS) is 15.6. The molecular weight excluding hydrogens is 779 g/mol. The van der Waals surface area contributed by atoms with E-state index in [0.717, 1.165) is 44.8 Å². The van der Waals surface area contributed by atoms with Crippen LogP contribution < -0.4 is 0 Å². The van der Waals surface area contributed by atoms with Crippen LogP contribution in [0.15, 0.2) is 210 Å². The molecule has 5 nitrogen and oxygen atoms in total. The Labute approximate surface area is 373 Å². The van der Waals surface area contributed by atoms with Gasteiger partial charge in [0, 0.05) is 28.7 Å². The Morgan fingerprint density at radius 1 is 0.359 bits per heavy atom. The lowest BCUT2D eigenvalue weighted by atomic mass is 9.69. The van der Waals surface area contributed by atoms with Gasteiger partial charge in [0.25, 0.3) is 0 Å². The standard InChI is InChI=1S/C59H41N5/c1-37-23-27-45-47-29-25-43(54-32-31-53(39-15-7-3-8-16-39)60-55(61-54)40-17-9-4-10-18-40)35-51(47)59(49(45)33-37)50-34-38(2)24-28-46(50)48-30-26-44(36-52(48)59)58-63-56(41-19-11-5-12-20-41)62-57(64-58)42-21-13-6-14-22-42/h3-31,33-36H,32H2,1-2H3. The van der Waals surface area contributed by atoms with Crippen LogP contribution in [0.1, 0.15) is 56.5 Å². The van der Waals surface area contributed by atoms with Gasteiger partial charge in [-0.3, -0.25) is 0 Å². The van der Waals surface area contributed by atoms with Crippen molar-refractivity contribution in [1.82, 2.24) is 15.0 Å². The third-order valence-corrected chi connectivity index (χ3v) is 12.9. The maximum Gasteiger partial charge on any atom is 0.164 e. The lowest BCUT2D eigenvalue weighted by Crippen LogP contribution is -2.26. The van der Waals surface area contributed by atoms with Gasteiger partial charge < -0.3 is 0 Å². The van der Waals surface area contributed by atoms with Crippen molar-refractivity contribution in [3.05, 3.63) is 250 Å². The number of hydrogen-bond acceptors (Lipinski definition) is 5. The van der Waals surface area contributed by atoms with Crippen LogP contribution >= 0.6 is 0 Å². The molecule has 8 aromatic carbocycles. The Morgan fingerprint density at radius 2 is 0.766 bits per heavy atom. The fraction of sp³-hybridized carbons (Fsp3) is 0.0678. The molecule has 5 heteroatoms. The second-order valence-electron chi connectivity index (χ2n) is 16.9. The molecule has 0 radical (unpaired) electrons. The Balaban J connectivity index is 1.09. The van der Waals surface area contributed by atoms with Gasteiger partial charge >= 0.3 is 0 Å². The van der Waals surface area contributed by atoms with Crippen molar-refractivity contribution in [2.45, 2.75) is 25.7 Å². The van der Waals surface area contributed by atoms with Gasteiger partial charge in [0.05, 0.1) is 16.8 Å². The summed E-state index contributed by atoms with van der Waals surface area (Å²) in [5, 5.41) is 0. The third-order valence-electron chi connectivity index (χ3n) is 12.9. The number of rotatable bonds is 6. The molecule has 0 saturated heterocycles. The number of benzene rings is 8. The van der Waals surface area contributed by atoms with Crippen molar-refractivity contribution in [3.63, 3.8) is 0 Å². The Morgan fingerprint density at radius 3 is 1.28 bits per heavy atom. The topological polar surface area (TPSA) is 63.4 Å². The number of allylic oxidation sites excluding steroid dienone is 1. The van der Waals surface area contributed by atoms with Gasteiger partial charge in [-0.15, -0.1) is 0 Å². The predicted molar refractivity (Wildman–Crippen MR) is 260 cm³/mol. The highest BCUT2D eigenvalue weighted by Gasteiger charge is 2.52. The lowest BCUT2D eigenvalue weighted by Gasteiger charge is -2.31. The minimum Gasteiger partial charge on any atom is -0.232 e. The minimum atomic E-state index is -0.621. The van der Waals surface area contributed by atoms with Gasteiger partial charge in [-0.25, -0.2) is 24.9 Å². The predicted octanol–water partition coefficient (Wildman–Crippen LogP) is 13.5. The van der Waals surface area contributed by atoms with Crippen LogP contribution in [0.25, 0.3) is 62.1 Å². The number of aliphatic imine (C=N–C) groups is 2. The first-order chi connectivity index (χ1) is 31.5. The highest BCUT2D eigenvalue weighted by molar-refractivity contribution is 6.15. The number of amidine groups is 1. The second-order valence-corrected chi connectivity index (χ2v) is 16.9. The molecule has 0 amide bonds. The summed E-state index contributed by atoms with van der Waals surface area (Å²) in [6.45, 7) is 4.41. The van der Waals surface area contributed by atoms with Crippen LogP contribution in [-0.4, -0.2) is 26.5 Å². The van der Waals surface area contributed by atoms with E-state index in [4.69, 9.17) is 24.9 Å². The van der Waals surface area contributed by atoms with Gasteiger partial charge in [-0.05, 0) is 81.6 Å². The average molecular weight is 820 g/mol. The number of aromatic nitrogens is 3. The molecule has 12 rings (SSSR count). The number of hydrogen-bond donors (Lipinski definition) is 0. The van der Waals surface area contributed by atoms with Crippen molar-refractivity contribution < 1.29 is 0 Å². The molecule has 2 aliphatic carbocycles. The van der Waals surface area contributed by atoms with Crippen LogP contribution in [0, 0.1) is 13.8 Å². The van der Waals surface area contributed by atoms with E-state index < -0.39 is 5.41 Å². The van der Waals surface area contributed by atoms with Gasteiger partial charge in [-0.1, -0.05) is 199 Å². The summed E-state index contributed by atoms with van der Waals surface area (Å²) in [5.41, 5.74) is 19.6. The van der Waals surface area contributed by atoms with Crippen molar-refractivity contribution >= 4 is 17.2 Å². The molecule has 9 aromatic rings. The van der Waals surface area contributed by atoms with E-state index in [0.29, 0.717) is 29.7 Å². The zero-order valence-electron chi connectivity index (χ0n) is 35.5. The molecule has 1 aromatic heterocycles. The van der Waals surface area contributed by atoms with E-state index in [-0.39, 0.29) is 0 Å². The van der Waals surface area contributed by atoms with Crippen molar-refractivity contribution in [1.29, 1.82) is 0 Å². The maximum atomic E-state index is 5.41. The molecule has 0 saturated carbocycles. The van der Waals surface area contributed by atoms with Crippen LogP contribution in [-0.2, 0) is 5.41 Å².